The predicted octanol–water partition coefficient (Wildman–Crippen LogP) is 3.44. The number of hydrogen-bond donors (Lipinski definition) is 1. The fourth-order valence-electron chi connectivity index (χ4n) is 2.76. The standard InChI is InChI=1S/C15H18ClN3O/c16-11-7-8-14-18-13(10-19(14)9-11)15(20)17-12-5-3-1-2-4-6-12/h7-10,12H,1-6H2,(H,17,20). The van der Waals surface area contributed by atoms with E-state index in [0.717, 1.165) is 18.5 Å². The highest BCUT2D eigenvalue weighted by Gasteiger charge is 2.17. The van der Waals surface area contributed by atoms with Crippen molar-refractivity contribution in [3.8, 4) is 0 Å². The first-order valence-corrected chi connectivity index (χ1v) is 7.55. The number of carbonyl (C=O) groups excluding carboxylic acids is 1. The molecule has 0 bridgehead atoms. The van der Waals surface area contributed by atoms with Crippen molar-refractivity contribution >= 4 is 23.2 Å². The summed E-state index contributed by atoms with van der Waals surface area (Å²) in [6, 6.07) is 3.88. The smallest absolute Gasteiger partial charge is 0.271 e. The van der Waals surface area contributed by atoms with Crippen molar-refractivity contribution in [1.29, 1.82) is 0 Å². The van der Waals surface area contributed by atoms with Gasteiger partial charge in [0.1, 0.15) is 11.3 Å². The number of carbonyl (C=O) groups is 1. The number of fused-ring (bicyclic) bond motifs is 1. The molecular formula is C15H18ClN3O. The third-order valence-electron chi connectivity index (χ3n) is 3.84. The van der Waals surface area contributed by atoms with Crippen LogP contribution in [0.15, 0.2) is 24.5 Å². The minimum Gasteiger partial charge on any atom is -0.348 e. The van der Waals surface area contributed by atoms with Gasteiger partial charge in [-0.2, -0.15) is 0 Å². The third-order valence-corrected chi connectivity index (χ3v) is 4.06. The SMILES string of the molecule is O=C(NC1CCCCCC1)c1cn2cc(Cl)ccc2n1. The second-order valence-electron chi connectivity index (χ2n) is 5.40. The lowest BCUT2D eigenvalue weighted by molar-refractivity contribution is 0.0929. The average Bonchev–Trinajstić information content (AvgIpc) is 2.68. The Balaban J connectivity index is 1.74. The van der Waals surface area contributed by atoms with Crippen LogP contribution in [0.2, 0.25) is 5.02 Å². The van der Waals surface area contributed by atoms with Crippen molar-refractivity contribution in [2.24, 2.45) is 0 Å². The average molecular weight is 292 g/mol. The van der Waals surface area contributed by atoms with Gasteiger partial charge in [0.2, 0.25) is 0 Å². The van der Waals surface area contributed by atoms with E-state index in [-0.39, 0.29) is 5.91 Å². The summed E-state index contributed by atoms with van der Waals surface area (Å²) in [6.07, 6.45) is 10.6. The molecule has 2 aromatic rings. The van der Waals surface area contributed by atoms with Crippen molar-refractivity contribution in [2.75, 3.05) is 0 Å². The number of halogens is 1. The minimum absolute atomic E-state index is 0.0864. The van der Waals surface area contributed by atoms with E-state index in [4.69, 9.17) is 11.6 Å². The number of nitrogens with zero attached hydrogens (tertiary/aromatic N) is 2. The lowest BCUT2D eigenvalue weighted by Gasteiger charge is -2.14. The molecule has 1 fully saturated rings. The van der Waals surface area contributed by atoms with E-state index in [1.807, 2.05) is 6.07 Å². The fraction of sp³-hybridized carbons (Fsp3) is 0.467. The molecule has 0 unspecified atom stereocenters. The van der Waals surface area contributed by atoms with Crippen LogP contribution in [0.5, 0.6) is 0 Å². The third kappa shape index (κ3) is 2.96. The summed E-state index contributed by atoms with van der Waals surface area (Å²) < 4.78 is 1.78. The van der Waals surface area contributed by atoms with E-state index in [0.29, 0.717) is 16.8 Å². The van der Waals surface area contributed by atoms with Crippen molar-refractivity contribution < 1.29 is 4.79 Å². The van der Waals surface area contributed by atoms with Gasteiger partial charge in [-0.3, -0.25) is 4.79 Å². The minimum atomic E-state index is -0.0864. The van der Waals surface area contributed by atoms with Crippen LogP contribution in [0.1, 0.15) is 49.0 Å². The van der Waals surface area contributed by atoms with E-state index in [1.54, 1.807) is 22.9 Å². The van der Waals surface area contributed by atoms with Gasteiger partial charge in [-0.25, -0.2) is 4.98 Å². The van der Waals surface area contributed by atoms with E-state index < -0.39 is 0 Å². The van der Waals surface area contributed by atoms with Gasteiger partial charge >= 0.3 is 0 Å². The van der Waals surface area contributed by atoms with Gasteiger partial charge in [0, 0.05) is 18.4 Å². The Morgan fingerprint density at radius 3 is 2.70 bits per heavy atom. The van der Waals surface area contributed by atoms with Crippen LogP contribution in [0.3, 0.4) is 0 Å². The van der Waals surface area contributed by atoms with Crippen molar-refractivity contribution in [3.63, 3.8) is 0 Å². The van der Waals surface area contributed by atoms with Gasteiger partial charge in [-0.1, -0.05) is 37.3 Å². The van der Waals surface area contributed by atoms with Crippen LogP contribution >= 0.6 is 11.6 Å². The second-order valence-corrected chi connectivity index (χ2v) is 5.84. The molecular weight excluding hydrogens is 274 g/mol. The predicted molar refractivity (Wildman–Crippen MR) is 79.2 cm³/mol. The zero-order valence-corrected chi connectivity index (χ0v) is 12.1. The summed E-state index contributed by atoms with van der Waals surface area (Å²) in [4.78, 5) is 16.6. The van der Waals surface area contributed by atoms with Crippen LogP contribution in [-0.4, -0.2) is 21.3 Å². The summed E-state index contributed by atoms with van der Waals surface area (Å²) in [5.41, 5.74) is 1.19. The molecule has 0 saturated heterocycles. The maximum Gasteiger partial charge on any atom is 0.271 e. The Labute approximate surface area is 123 Å². The van der Waals surface area contributed by atoms with E-state index in [1.165, 1.54) is 25.7 Å². The number of aromatic nitrogens is 2. The molecule has 0 aromatic carbocycles. The Morgan fingerprint density at radius 1 is 1.20 bits per heavy atom. The quantitative estimate of drug-likeness (QED) is 0.862. The summed E-state index contributed by atoms with van der Waals surface area (Å²) in [7, 11) is 0. The Kier molecular flexibility index (Phi) is 3.92. The molecule has 0 atom stereocenters. The normalized spacial score (nSPS) is 17.1. The largest absolute Gasteiger partial charge is 0.348 e. The number of amides is 1. The van der Waals surface area contributed by atoms with Gasteiger partial charge < -0.3 is 9.72 Å². The van der Waals surface area contributed by atoms with Crippen LogP contribution < -0.4 is 5.32 Å². The van der Waals surface area contributed by atoms with Gasteiger partial charge in [-0.05, 0) is 25.0 Å². The molecule has 20 heavy (non-hydrogen) atoms. The fourth-order valence-corrected chi connectivity index (χ4v) is 2.93. The number of pyridine rings is 1. The van der Waals surface area contributed by atoms with Crippen LogP contribution in [0.25, 0.3) is 5.65 Å². The lowest BCUT2D eigenvalue weighted by Crippen LogP contribution is -2.34. The molecule has 2 aromatic heterocycles. The molecule has 106 valence electrons. The highest BCUT2D eigenvalue weighted by Crippen LogP contribution is 2.18. The summed E-state index contributed by atoms with van der Waals surface area (Å²) in [5, 5.41) is 3.73. The zero-order valence-electron chi connectivity index (χ0n) is 11.3. The Hall–Kier alpha value is -1.55. The molecule has 1 N–H and O–H groups in total. The molecule has 4 nitrogen and oxygen atoms in total. The Morgan fingerprint density at radius 2 is 1.95 bits per heavy atom. The Bertz CT molecular complexity index is 615. The molecule has 3 rings (SSSR count). The summed E-state index contributed by atoms with van der Waals surface area (Å²) in [5.74, 6) is -0.0864. The number of imidazole rings is 1. The molecule has 0 radical (unpaired) electrons. The molecule has 5 heteroatoms. The maximum atomic E-state index is 12.3. The highest BCUT2D eigenvalue weighted by molar-refractivity contribution is 6.30. The highest BCUT2D eigenvalue weighted by atomic mass is 35.5. The van der Waals surface area contributed by atoms with Crippen LogP contribution in [0.4, 0.5) is 0 Å². The lowest BCUT2D eigenvalue weighted by atomic mass is 10.1. The van der Waals surface area contributed by atoms with E-state index in [2.05, 4.69) is 10.3 Å². The van der Waals surface area contributed by atoms with Gasteiger partial charge in [0.25, 0.3) is 5.91 Å². The van der Waals surface area contributed by atoms with Crippen molar-refractivity contribution in [3.05, 3.63) is 35.2 Å². The van der Waals surface area contributed by atoms with E-state index >= 15 is 0 Å². The van der Waals surface area contributed by atoms with Crippen molar-refractivity contribution in [1.82, 2.24) is 14.7 Å². The molecule has 0 aliphatic heterocycles. The number of rotatable bonds is 2. The topological polar surface area (TPSA) is 46.4 Å². The molecule has 0 spiro atoms. The second kappa shape index (κ2) is 5.83. The molecule has 1 aliphatic carbocycles. The van der Waals surface area contributed by atoms with Crippen molar-refractivity contribution in [2.45, 2.75) is 44.6 Å². The van der Waals surface area contributed by atoms with Crippen LogP contribution in [-0.2, 0) is 0 Å². The van der Waals surface area contributed by atoms with E-state index in [9.17, 15) is 4.79 Å². The first-order valence-electron chi connectivity index (χ1n) is 7.17. The monoisotopic (exact) mass is 291 g/mol. The molecule has 2 heterocycles. The number of nitrogens with one attached hydrogen (secondary N) is 1. The molecule has 1 aliphatic rings. The summed E-state index contributed by atoms with van der Waals surface area (Å²) >= 11 is 5.93. The first-order chi connectivity index (χ1) is 9.72. The summed E-state index contributed by atoms with van der Waals surface area (Å²) in [6.45, 7) is 0. The zero-order chi connectivity index (χ0) is 13.9. The first kappa shape index (κ1) is 13.4. The van der Waals surface area contributed by atoms with Gasteiger partial charge in [0.15, 0.2) is 0 Å². The maximum absolute atomic E-state index is 12.3. The molecule has 1 amide bonds. The van der Waals surface area contributed by atoms with Crippen LogP contribution in [0, 0.1) is 0 Å². The van der Waals surface area contributed by atoms with Gasteiger partial charge in [-0.15, -0.1) is 0 Å². The molecule has 1 saturated carbocycles. The number of hydrogen-bond acceptors (Lipinski definition) is 2. The van der Waals surface area contributed by atoms with Gasteiger partial charge in [0.05, 0.1) is 5.02 Å².